The van der Waals surface area contributed by atoms with E-state index in [0.717, 1.165) is 23.8 Å². The van der Waals surface area contributed by atoms with Crippen LogP contribution in [-0.4, -0.2) is 63.8 Å². The van der Waals surface area contributed by atoms with Gasteiger partial charge in [-0.05, 0) is 19.1 Å². The molecular formula is C10H17N2O14P3S. The molecule has 2 rings (SSSR count). The maximum atomic E-state index is 11.8. The van der Waals surface area contributed by atoms with Crippen molar-refractivity contribution in [1.82, 2.24) is 9.55 Å². The number of aliphatic hydroxyl groups excluding tert-OH is 1. The van der Waals surface area contributed by atoms with E-state index in [-0.39, 0.29) is 4.77 Å². The van der Waals surface area contributed by atoms with Crippen LogP contribution in [0.1, 0.15) is 13.2 Å². The molecule has 0 radical (unpaired) electrons. The molecule has 6 atom stereocenters. The van der Waals surface area contributed by atoms with E-state index < -0.39 is 59.7 Å². The lowest BCUT2D eigenvalue weighted by molar-refractivity contribution is -0.0978. The average molecular weight is 514 g/mol. The Bertz CT molecular complexity index is 1050. The average Bonchev–Trinajstić information content (AvgIpc) is 2.73. The SMILES string of the molecule is CC1(O)C(O)C(COP(=O)(O)OP(=O)(O)OP(=O)(O)O)OC1n1ccc(=O)[nH]c1=S. The van der Waals surface area contributed by atoms with E-state index >= 15 is 0 Å². The first-order chi connectivity index (χ1) is 13.4. The number of nitrogens with one attached hydrogen (secondary N) is 1. The molecule has 30 heavy (non-hydrogen) atoms. The molecule has 0 bridgehead atoms. The lowest BCUT2D eigenvalue weighted by Gasteiger charge is -2.27. The Kier molecular flexibility index (Phi) is 7.46. The zero-order valence-corrected chi connectivity index (χ0v) is 18.2. The fraction of sp³-hybridized carbons (Fsp3) is 0.600. The Morgan fingerprint density at radius 3 is 2.37 bits per heavy atom. The third-order valence-electron chi connectivity index (χ3n) is 3.68. The molecule has 0 saturated carbocycles. The second-order valence-electron chi connectivity index (χ2n) is 6.10. The molecule has 1 aliphatic heterocycles. The van der Waals surface area contributed by atoms with Crippen molar-refractivity contribution < 1.29 is 61.4 Å². The maximum Gasteiger partial charge on any atom is 0.490 e. The Hall–Kier alpha value is -0.610. The van der Waals surface area contributed by atoms with Gasteiger partial charge in [0.05, 0.1) is 6.61 Å². The van der Waals surface area contributed by atoms with Gasteiger partial charge in [0, 0.05) is 12.3 Å². The monoisotopic (exact) mass is 514 g/mol. The van der Waals surface area contributed by atoms with Crippen LogP contribution in [0.2, 0.25) is 0 Å². The second kappa shape index (κ2) is 8.73. The summed E-state index contributed by atoms with van der Waals surface area (Å²) < 4.78 is 51.5. The standard InChI is InChI=1S/C10H17N2O14P3S/c1-10(15)7(14)5(24-8(10)12-3-2-6(13)11-9(12)30)4-23-28(19,20)26-29(21,22)25-27(16,17)18/h2-3,5,7-8,14-15H,4H2,1H3,(H,19,20)(H,21,22)(H,11,13,30)(H2,16,17,18). The minimum Gasteiger partial charge on any atom is -0.387 e. The van der Waals surface area contributed by atoms with Crippen molar-refractivity contribution in [2.24, 2.45) is 0 Å². The molecule has 1 aromatic rings. The van der Waals surface area contributed by atoms with Gasteiger partial charge in [-0.2, -0.15) is 8.62 Å². The van der Waals surface area contributed by atoms with E-state index in [1.807, 2.05) is 0 Å². The van der Waals surface area contributed by atoms with E-state index in [1.165, 1.54) is 0 Å². The number of aliphatic hydroxyl groups is 2. The summed E-state index contributed by atoms with van der Waals surface area (Å²) in [5.74, 6) is 0. The Balaban J connectivity index is 2.13. The van der Waals surface area contributed by atoms with Crippen LogP contribution in [0, 0.1) is 4.77 Å². The molecule has 1 aromatic heterocycles. The summed E-state index contributed by atoms with van der Waals surface area (Å²) in [7, 11) is -16.7. The van der Waals surface area contributed by atoms with Crippen LogP contribution in [0.25, 0.3) is 0 Å². The maximum absolute atomic E-state index is 11.8. The topological polar surface area (TPSA) is 247 Å². The minimum atomic E-state index is -5.71. The van der Waals surface area contributed by atoms with Crippen LogP contribution >= 0.6 is 35.7 Å². The van der Waals surface area contributed by atoms with Crippen molar-refractivity contribution in [3.63, 3.8) is 0 Å². The van der Waals surface area contributed by atoms with E-state index in [0.29, 0.717) is 0 Å². The molecule has 0 amide bonds. The van der Waals surface area contributed by atoms with Crippen LogP contribution in [0.3, 0.4) is 0 Å². The predicted octanol–water partition coefficient (Wildman–Crippen LogP) is -0.742. The van der Waals surface area contributed by atoms with Gasteiger partial charge in [0.1, 0.15) is 17.8 Å². The number of aromatic nitrogens is 2. The van der Waals surface area contributed by atoms with Gasteiger partial charge in [-0.25, -0.2) is 13.7 Å². The molecule has 7 N–H and O–H groups in total. The van der Waals surface area contributed by atoms with Gasteiger partial charge in [-0.15, -0.1) is 0 Å². The molecule has 1 fully saturated rings. The first-order valence-corrected chi connectivity index (χ1v) is 12.5. The van der Waals surface area contributed by atoms with E-state index in [2.05, 4.69) is 18.1 Å². The summed E-state index contributed by atoms with van der Waals surface area (Å²) in [5.41, 5.74) is -2.58. The molecule has 0 aromatic carbocycles. The number of H-pyrrole nitrogens is 1. The molecule has 16 nitrogen and oxygen atoms in total. The van der Waals surface area contributed by atoms with Crippen LogP contribution in [0.15, 0.2) is 17.1 Å². The number of hydrogen-bond acceptors (Lipinski definition) is 11. The van der Waals surface area contributed by atoms with Crippen LogP contribution in [0.4, 0.5) is 0 Å². The van der Waals surface area contributed by atoms with Crippen molar-refractivity contribution in [3.8, 4) is 0 Å². The Morgan fingerprint density at radius 1 is 1.23 bits per heavy atom. The van der Waals surface area contributed by atoms with Crippen molar-refractivity contribution in [2.75, 3.05) is 6.61 Å². The molecular weight excluding hydrogens is 497 g/mol. The van der Waals surface area contributed by atoms with Crippen LogP contribution in [0.5, 0.6) is 0 Å². The first-order valence-electron chi connectivity index (χ1n) is 7.59. The first kappa shape index (κ1) is 25.6. The third kappa shape index (κ3) is 6.45. The summed E-state index contributed by atoms with van der Waals surface area (Å²) in [5, 5.41) is 20.8. The number of rotatable bonds is 8. The van der Waals surface area contributed by atoms with E-state index in [9.17, 15) is 33.6 Å². The van der Waals surface area contributed by atoms with Crippen LogP contribution < -0.4 is 5.56 Å². The highest BCUT2D eigenvalue weighted by molar-refractivity contribution is 7.71. The highest BCUT2D eigenvalue weighted by Crippen LogP contribution is 2.66. The van der Waals surface area contributed by atoms with Crippen LogP contribution in [-0.2, 0) is 31.6 Å². The molecule has 6 unspecified atom stereocenters. The largest absolute Gasteiger partial charge is 0.490 e. The van der Waals surface area contributed by atoms with Gasteiger partial charge in [-0.3, -0.25) is 18.9 Å². The normalized spacial score (nSPS) is 31.2. The molecule has 172 valence electrons. The highest BCUT2D eigenvalue weighted by atomic mass is 32.1. The lowest BCUT2D eigenvalue weighted by atomic mass is 9.96. The van der Waals surface area contributed by atoms with Gasteiger partial charge >= 0.3 is 23.5 Å². The molecule has 0 aliphatic carbocycles. The summed E-state index contributed by atoms with van der Waals surface area (Å²) in [4.78, 5) is 49.0. The summed E-state index contributed by atoms with van der Waals surface area (Å²) in [6.07, 6.45) is -3.48. The summed E-state index contributed by atoms with van der Waals surface area (Å²) >= 11 is 4.95. The fourth-order valence-electron chi connectivity index (χ4n) is 2.46. The highest BCUT2D eigenvalue weighted by Gasteiger charge is 2.54. The predicted molar refractivity (Wildman–Crippen MR) is 96.2 cm³/mol. The zero-order chi connectivity index (χ0) is 23.1. The Labute approximate surface area is 172 Å². The molecule has 2 heterocycles. The molecule has 1 aliphatic rings. The lowest BCUT2D eigenvalue weighted by Crippen LogP contribution is -2.44. The van der Waals surface area contributed by atoms with Crippen molar-refractivity contribution >= 4 is 35.7 Å². The second-order valence-corrected chi connectivity index (χ2v) is 10.9. The molecule has 0 spiro atoms. The smallest absolute Gasteiger partial charge is 0.387 e. The summed E-state index contributed by atoms with van der Waals surface area (Å²) in [6.45, 7) is 0.147. The Morgan fingerprint density at radius 2 is 1.83 bits per heavy atom. The number of aromatic amines is 1. The van der Waals surface area contributed by atoms with Gasteiger partial charge in [0.2, 0.25) is 0 Å². The van der Waals surface area contributed by atoms with E-state index in [1.54, 1.807) is 0 Å². The number of hydrogen-bond donors (Lipinski definition) is 7. The summed E-state index contributed by atoms with van der Waals surface area (Å²) in [6, 6.07) is 1.06. The number of phosphoric ester groups is 1. The molecule has 1 saturated heterocycles. The zero-order valence-electron chi connectivity index (χ0n) is 14.7. The number of nitrogens with zero attached hydrogens (tertiary/aromatic N) is 1. The van der Waals surface area contributed by atoms with Gasteiger partial charge in [-0.1, -0.05) is 0 Å². The fourth-order valence-corrected chi connectivity index (χ4v) is 5.75. The quantitative estimate of drug-likeness (QED) is 0.167. The van der Waals surface area contributed by atoms with Gasteiger partial charge < -0.3 is 34.5 Å². The van der Waals surface area contributed by atoms with Crippen molar-refractivity contribution in [3.05, 3.63) is 27.4 Å². The molecule has 20 heteroatoms. The number of phosphoric acid groups is 3. The number of ether oxygens (including phenoxy) is 1. The van der Waals surface area contributed by atoms with Crippen molar-refractivity contribution in [1.29, 1.82) is 0 Å². The van der Waals surface area contributed by atoms with Crippen molar-refractivity contribution in [2.45, 2.75) is 31.0 Å². The van der Waals surface area contributed by atoms with E-state index in [4.69, 9.17) is 31.6 Å². The van der Waals surface area contributed by atoms with Gasteiger partial charge in [0.25, 0.3) is 5.56 Å². The minimum absolute atomic E-state index is 0.173. The van der Waals surface area contributed by atoms with Gasteiger partial charge in [0.15, 0.2) is 11.0 Å². The third-order valence-corrected chi connectivity index (χ3v) is 7.79.